The van der Waals surface area contributed by atoms with Crippen LogP contribution in [0.2, 0.25) is 0 Å². The molecule has 2 heterocycles. The smallest absolute Gasteiger partial charge is 0.179 e. The Balaban J connectivity index is 1.92. The normalized spacial score (nSPS) is 24.9. The number of ketones is 1. The summed E-state index contributed by atoms with van der Waals surface area (Å²) in [6, 6.07) is 6.23. The number of carbonyl (C=O) groups excluding carboxylic acids is 1. The van der Waals surface area contributed by atoms with Crippen molar-refractivity contribution < 1.29 is 9.53 Å². The van der Waals surface area contributed by atoms with Crippen LogP contribution in [0.25, 0.3) is 0 Å². The van der Waals surface area contributed by atoms with E-state index in [4.69, 9.17) is 4.74 Å². The average Bonchev–Trinajstić information content (AvgIpc) is 2.99. The number of benzene rings is 1. The van der Waals surface area contributed by atoms with Crippen LogP contribution in [0.5, 0.6) is 5.75 Å². The van der Waals surface area contributed by atoms with Crippen LogP contribution >= 0.6 is 0 Å². The standard InChI is InChI=1S/C17H24N2O2/c1-11(2)19-10-12(3)21-16-7-6-13(9-15(16)19)17(20)14-5-4-8-18-14/h6-7,9,11-12,14,18H,4-5,8,10H2,1-3H3. The molecule has 0 radical (unpaired) electrons. The maximum Gasteiger partial charge on any atom is 0.179 e. The van der Waals surface area contributed by atoms with Gasteiger partial charge in [-0.1, -0.05) is 0 Å². The highest BCUT2D eigenvalue weighted by atomic mass is 16.5. The van der Waals surface area contributed by atoms with E-state index in [9.17, 15) is 4.79 Å². The zero-order valence-electron chi connectivity index (χ0n) is 13.1. The number of ether oxygens (including phenoxy) is 1. The second-order valence-electron chi connectivity index (χ2n) is 6.37. The van der Waals surface area contributed by atoms with Gasteiger partial charge in [0.15, 0.2) is 5.78 Å². The van der Waals surface area contributed by atoms with Crippen molar-refractivity contribution in [2.24, 2.45) is 0 Å². The summed E-state index contributed by atoms with van der Waals surface area (Å²) in [6.07, 6.45) is 2.20. The predicted molar refractivity (Wildman–Crippen MR) is 84.4 cm³/mol. The minimum atomic E-state index is -0.0148. The lowest BCUT2D eigenvalue weighted by Gasteiger charge is -2.38. The lowest BCUT2D eigenvalue weighted by atomic mass is 10.0. The summed E-state index contributed by atoms with van der Waals surface area (Å²) in [5.41, 5.74) is 1.84. The third-order valence-electron chi connectivity index (χ3n) is 4.33. The van der Waals surface area contributed by atoms with Crippen LogP contribution < -0.4 is 15.0 Å². The molecule has 1 N–H and O–H groups in total. The largest absolute Gasteiger partial charge is 0.487 e. The molecule has 2 atom stereocenters. The molecular weight excluding hydrogens is 264 g/mol. The Labute approximate surface area is 126 Å². The fourth-order valence-electron chi connectivity index (χ4n) is 3.22. The van der Waals surface area contributed by atoms with Crippen molar-refractivity contribution in [3.05, 3.63) is 23.8 Å². The first-order valence-corrected chi connectivity index (χ1v) is 7.91. The van der Waals surface area contributed by atoms with Gasteiger partial charge in [-0.05, 0) is 58.4 Å². The number of Topliss-reactive ketones (excluding diaryl/α,β-unsaturated/α-hetero) is 1. The molecule has 1 aromatic rings. The summed E-state index contributed by atoms with van der Waals surface area (Å²) in [6.45, 7) is 8.24. The number of rotatable bonds is 3. The fourth-order valence-corrected chi connectivity index (χ4v) is 3.22. The van der Waals surface area contributed by atoms with Gasteiger partial charge in [-0.3, -0.25) is 4.79 Å². The topological polar surface area (TPSA) is 41.6 Å². The number of anilines is 1. The van der Waals surface area contributed by atoms with Crippen LogP contribution in [0.4, 0.5) is 5.69 Å². The highest BCUT2D eigenvalue weighted by Gasteiger charge is 2.28. The monoisotopic (exact) mass is 288 g/mol. The average molecular weight is 288 g/mol. The fraction of sp³-hybridized carbons (Fsp3) is 0.588. The Kier molecular flexibility index (Phi) is 3.89. The van der Waals surface area contributed by atoms with E-state index in [-0.39, 0.29) is 17.9 Å². The zero-order chi connectivity index (χ0) is 15.0. The molecule has 2 aliphatic rings. The van der Waals surface area contributed by atoms with Gasteiger partial charge in [0.25, 0.3) is 0 Å². The van der Waals surface area contributed by atoms with Gasteiger partial charge in [-0.25, -0.2) is 0 Å². The Morgan fingerprint density at radius 3 is 2.90 bits per heavy atom. The number of hydrogen-bond donors (Lipinski definition) is 1. The number of hydrogen-bond acceptors (Lipinski definition) is 4. The Morgan fingerprint density at radius 1 is 1.43 bits per heavy atom. The summed E-state index contributed by atoms with van der Waals surface area (Å²) >= 11 is 0. The van der Waals surface area contributed by atoms with E-state index in [0.29, 0.717) is 6.04 Å². The summed E-state index contributed by atoms with van der Waals surface area (Å²) in [4.78, 5) is 14.9. The molecule has 3 rings (SSSR count). The molecule has 4 nitrogen and oxygen atoms in total. The third kappa shape index (κ3) is 2.77. The molecule has 0 spiro atoms. The summed E-state index contributed by atoms with van der Waals surface area (Å²) in [5, 5.41) is 3.28. The van der Waals surface area contributed by atoms with E-state index in [1.807, 2.05) is 18.2 Å². The van der Waals surface area contributed by atoms with Gasteiger partial charge in [-0.2, -0.15) is 0 Å². The Bertz CT molecular complexity index is 536. The highest BCUT2D eigenvalue weighted by molar-refractivity contribution is 6.01. The molecule has 0 aromatic heterocycles. The second kappa shape index (κ2) is 5.68. The van der Waals surface area contributed by atoms with Crippen molar-refractivity contribution in [3.63, 3.8) is 0 Å². The molecule has 0 aliphatic carbocycles. The minimum Gasteiger partial charge on any atom is -0.487 e. The molecule has 1 saturated heterocycles. The van der Waals surface area contributed by atoms with Crippen molar-refractivity contribution in [3.8, 4) is 5.75 Å². The molecule has 2 aliphatic heterocycles. The lowest BCUT2D eigenvalue weighted by molar-refractivity contribution is 0.0952. The minimum absolute atomic E-state index is 0.0148. The van der Waals surface area contributed by atoms with Crippen LogP contribution in [0.1, 0.15) is 44.0 Å². The highest BCUT2D eigenvalue weighted by Crippen LogP contribution is 2.36. The number of nitrogens with zero attached hydrogens (tertiary/aromatic N) is 1. The molecule has 2 unspecified atom stereocenters. The van der Waals surface area contributed by atoms with E-state index >= 15 is 0 Å². The van der Waals surface area contributed by atoms with Crippen LogP contribution in [-0.4, -0.2) is 37.1 Å². The Morgan fingerprint density at radius 2 is 2.24 bits per heavy atom. The van der Waals surface area contributed by atoms with Crippen molar-refractivity contribution in [2.75, 3.05) is 18.0 Å². The van der Waals surface area contributed by atoms with Gasteiger partial charge >= 0.3 is 0 Å². The molecule has 1 aromatic carbocycles. The maximum atomic E-state index is 12.6. The van der Waals surface area contributed by atoms with Crippen LogP contribution in [0.15, 0.2) is 18.2 Å². The van der Waals surface area contributed by atoms with E-state index in [0.717, 1.165) is 42.9 Å². The Hall–Kier alpha value is -1.55. The van der Waals surface area contributed by atoms with Gasteiger partial charge in [0.05, 0.1) is 18.3 Å². The van der Waals surface area contributed by atoms with Gasteiger partial charge < -0.3 is 15.0 Å². The number of carbonyl (C=O) groups is 1. The van der Waals surface area contributed by atoms with Gasteiger partial charge in [0, 0.05) is 11.6 Å². The van der Waals surface area contributed by atoms with Crippen LogP contribution in [-0.2, 0) is 0 Å². The molecule has 0 bridgehead atoms. The first kappa shape index (κ1) is 14.4. The van der Waals surface area contributed by atoms with E-state index in [1.54, 1.807) is 0 Å². The lowest BCUT2D eigenvalue weighted by Crippen LogP contribution is -2.42. The zero-order valence-corrected chi connectivity index (χ0v) is 13.1. The first-order valence-electron chi connectivity index (χ1n) is 7.91. The molecular formula is C17H24N2O2. The molecule has 1 fully saturated rings. The molecule has 0 saturated carbocycles. The summed E-state index contributed by atoms with van der Waals surface area (Å²) < 4.78 is 5.90. The SMILES string of the molecule is CC1CN(C(C)C)c2cc(C(=O)C3CCCN3)ccc2O1. The third-order valence-corrected chi connectivity index (χ3v) is 4.33. The predicted octanol–water partition coefficient (Wildman–Crippen LogP) is 2.62. The maximum absolute atomic E-state index is 12.6. The van der Waals surface area contributed by atoms with Gasteiger partial charge in [-0.15, -0.1) is 0 Å². The second-order valence-corrected chi connectivity index (χ2v) is 6.37. The summed E-state index contributed by atoms with van der Waals surface area (Å²) in [5.74, 6) is 1.09. The van der Waals surface area contributed by atoms with Crippen LogP contribution in [0, 0.1) is 0 Å². The van der Waals surface area contributed by atoms with Crippen LogP contribution in [0.3, 0.4) is 0 Å². The molecule has 21 heavy (non-hydrogen) atoms. The number of fused-ring (bicyclic) bond motifs is 1. The number of nitrogens with one attached hydrogen (secondary N) is 1. The quantitative estimate of drug-likeness (QED) is 0.868. The van der Waals surface area contributed by atoms with E-state index in [1.165, 1.54) is 0 Å². The van der Waals surface area contributed by atoms with Crippen molar-refractivity contribution >= 4 is 11.5 Å². The van der Waals surface area contributed by atoms with Gasteiger partial charge in [0.2, 0.25) is 0 Å². The first-order chi connectivity index (χ1) is 10.1. The van der Waals surface area contributed by atoms with E-state index in [2.05, 4.69) is 31.0 Å². The molecule has 4 heteroatoms. The van der Waals surface area contributed by atoms with Crippen molar-refractivity contribution in [1.82, 2.24) is 5.32 Å². The molecule has 0 amide bonds. The molecule has 114 valence electrons. The van der Waals surface area contributed by atoms with Crippen molar-refractivity contribution in [2.45, 2.75) is 51.8 Å². The summed E-state index contributed by atoms with van der Waals surface area (Å²) in [7, 11) is 0. The van der Waals surface area contributed by atoms with Gasteiger partial charge in [0.1, 0.15) is 11.9 Å². The van der Waals surface area contributed by atoms with E-state index < -0.39 is 0 Å². The van der Waals surface area contributed by atoms with Crippen molar-refractivity contribution in [1.29, 1.82) is 0 Å².